The van der Waals surface area contributed by atoms with Crippen LogP contribution in [0.15, 0.2) is 0 Å². The van der Waals surface area contributed by atoms with Crippen molar-refractivity contribution in [2.75, 3.05) is 26.7 Å². The van der Waals surface area contributed by atoms with Crippen LogP contribution in [0.25, 0.3) is 0 Å². The predicted molar refractivity (Wildman–Crippen MR) is 58.0 cm³/mol. The van der Waals surface area contributed by atoms with E-state index >= 15 is 0 Å². The van der Waals surface area contributed by atoms with Crippen molar-refractivity contribution in [1.82, 2.24) is 4.90 Å². The van der Waals surface area contributed by atoms with Gasteiger partial charge < -0.3 is 14.7 Å². The average Bonchev–Trinajstić information content (AvgIpc) is 2.29. The largest absolute Gasteiger partial charge is 0.481 e. The SMILES string of the molecule is COC(=O)CC(CN1CCCCC1)C(=O)O. The van der Waals surface area contributed by atoms with Gasteiger partial charge in [-0.15, -0.1) is 0 Å². The second-order valence-corrected chi connectivity index (χ2v) is 4.18. The number of nitrogens with zero attached hydrogens (tertiary/aromatic N) is 1. The molecule has 0 amide bonds. The minimum absolute atomic E-state index is 0.0394. The molecule has 0 bridgehead atoms. The number of carbonyl (C=O) groups is 2. The average molecular weight is 229 g/mol. The summed E-state index contributed by atoms with van der Waals surface area (Å²) in [5.74, 6) is -2.02. The van der Waals surface area contributed by atoms with Crippen molar-refractivity contribution in [3.63, 3.8) is 0 Å². The van der Waals surface area contributed by atoms with Crippen molar-refractivity contribution < 1.29 is 19.4 Å². The van der Waals surface area contributed by atoms with E-state index < -0.39 is 17.9 Å². The molecular weight excluding hydrogens is 210 g/mol. The molecule has 0 radical (unpaired) electrons. The minimum Gasteiger partial charge on any atom is -0.481 e. The third kappa shape index (κ3) is 4.18. The molecule has 0 spiro atoms. The smallest absolute Gasteiger partial charge is 0.308 e. The monoisotopic (exact) mass is 229 g/mol. The zero-order valence-corrected chi connectivity index (χ0v) is 9.65. The standard InChI is InChI=1S/C11H19NO4/c1-16-10(13)7-9(11(14)15)8-12-5-3-2-4-6-12/h9H,2-8H2,1H3,(H,14,15). The fraction of sp³-hybridized carbons (Fsp3) is 0.818. The van der Waals surface area contributed by atoms with Crippen LogP contribution in [0.2, 0.25) is 0 Å². The van der Waals surface area contributed by atoms with Gasteiger partial charge in [-0.1, -0.05) is 6.42 Å². The van der Waals surface area contributed by atoms with Crippen LogP contribution in [0, 0.1) is 5.92 Å². The molecular formula is C11H19NO4. The zero-order chi connectivity index (χ0) is 12.0. The van der Waals surface area contributed by atoms with Crippen LogP contribution in [0.5, 0.6) is 0 Å². The Labute approximate surface area is 95.4 Å². The van der Waals surface area contributed by atoms with Crippen molar-refractivity contribution in [2.24, 2.45) is 5.92 Å². The lowest BCUT2D eigenvalue weighted by atomic mass is 10.0. The number of hydrogen-bond donors (Lipinski definition) is 1. The van der Waals surface area contributed by atoms with Crippen LogP contribution in [0.4, 0.5) is 0 Å². The van der Waals surface area contributed by atoms with Gasteiger partial charge in [-0.3, -0.25) is 9.59 Å². The van der Waals surface area contributed by atoms with E-state index in [9.17, 15) is 9.59 Å². The Balaban J connectivity index is 2.43. The van der Waals surface area contributed by atoms with E-state index in [1.54, 1.807) is 0 Å². The first-order chi connectivity index (χ1) is 7.63. The number of ether oxygens (including phenoxy) is 1. The molecule has 92 valence electrons. The molecule has 1 heterocycles. The molecule has 0 saturated carbocycles. The first-order valence-corrected chi connectivity index (χ1v) is 5.65. The lowest BCUT2D eigenvalue weighted by Crippen LogP contribution is -2.37. The number of piperidine rings is 1. The van der Waals surface area contributed by atoms with E-state index in [1.165, 1.54) is 13.5 Å². The highest BCUT2D eigenvalue weighted by Gasteiger charge is 2.25. The van der Waals surface area contributed by atoms with Crippen LogP contribution in [-0.2, 0) is 14.3 Å². The number of aliphatic carboxylic acids is 1. The van der Waals surface area contributed by atoms with Crippen molar-refractivity contribution >= 4 is 11.9 Å². The van der Waals surface area contributed by atoms with E-state index in [2.05, 4.69) is 9.64 Å². The van der Waals surface area contributed by atoms with E-state index in [4.69, 9.17) is 5.11 Å². The van der Waals surface area contributed by atoms with Gasteiger partial charge in [0, 0.05) is 6.54 Å². The van der Waals surface area contributed by atoms with Gasteiger partial charge in [-0.2, -0.15) is 0 Å². The minimum atomic E-state index is -0.920. The number of rotatable bonds is 5. The topological polar surface area (TPSA) is 66.8 Å². The number of carbonyl (C=O) groups excluding carboxylic acids is 1. The van der Waals surface area contributed by atoms with Crippen molar-refractivity contribution in [3.05, 3.63) is 0 Å². The van der Waals surface area contributed by atoms with Crippen LogP contribution < -0.4 is 0 Å². The summed E-state index contributed by atoms with van der Waals surface area (Å²) in [6.45, 7) is 2.32. The highest BCUT2D eigenvalue weighted by molar-refractivity contribution is 5.78. The summed E-state index contributed by atoms with van der Waals surface area (Å²) < 4.78 is 4.50. The number of hydrogen-bond acceptors (Lipinski definition) is 4. The number of esters is 1. The normalized spacial score (nSPS) is 19.1. The summed E-state index contributed by atoms with van der Waals surface area (Å²) in [6, 6.07) is 0. The summed E-state index contributed by atoms with van der Waals surface area (Å²) >= 11 is 0. The van der Waals surface area contributed by atoms with Gasteiger partial charge in [0.1, 0.15) is 0 Å². The lowest BCUT2D eigenvalue weighted by molar-refractivity contribution is -0.150. The number of methoxy groups -OCH3 is 1. The van der Waals surface area contributed by atoms with E-state index in [0.29, 0.717) is 6.54 Å². The van der Waals surface area contributed by atoms with Gasteiger partial charge >= 0.3 is 11.9 Å². The summed E-state index contributed by atoms with van der Waals surface area (Å²) in [5, 5.41) is 9.01. The molecule has 1 aliphatic heterocycles. The maximum atomic E-state index is 11.1. The lowest BCUT2D eigenvalue weighted by Gasteiger charge is -2.28. The molecule has 5 heteroatoms. The van der Waals surface area contributed by atoms with E-state index in [0.717, 1.165) is 25.9 Å². The maximum absolute atomic E-state index is 11.1. The van der Waals surface area contributed by atoms with Gasteiger partial charge in [0.05, 0.1) is 19.4 Å². The van der Waals surface area contributed by atoms with Gasteiger partial charge in [0.25, 0.3) is 0 Å². The summed E-state index contributed by atoms with van der Waals surface area (Å²) in [6.07, 6.45) is 3.41. The molecule has 1 aliphatic rings. The zero-order valence-electron chi connectivity index (χ0n) is 9.65. The quantitative estimate of drug-likeness (QED) is 0.704. The number of likely N-dealkylation sites (tertiary alicyclic amines) is 1. The predicted octanol–water partition coefficient (Wildman–Crippen LogP) is 0.736. The summed E-state index contributed by atoms with van der Waals surface area (Å²) in [7, 11) is 1.28. The van der Waals surface area contributed by atoms with Crippen molar-refractivity contribution in [1.29, 1.82) is 0 Å². The Kier molecular flexibility index (Phi) is 5.25. The number of carboxylic acids is 1. The van der Waals surface area contributed by atoms with Crippen LogP contribution >= 0.6 is 0 Å². The van der Waals surface area contributed by atoms with Crippen LogP contribution in [0.3, 0.4) is 0 Å². The molecule has 0 aromatic heterocycles. The molecule has 0 aliphatic carbocycles. The fourth-order valence-electron chi connectivity index (χ4n) is 1.97. The molecule has 5 nitrogen and oxygen atoms in total. The van der Waals surface area contributed by atoms with Gasteiger partial charge in [0.15, 0.2) is 0 Å². The molecule has 0 aromatic rings. The Morgan fingerprint density at radius 3 is 2.44 bits per heavy atom. The molecule has 1 atom stereocenters. The highest BCUT2D eigenvalue weighted by Crippen LogP contribution is 2.13. The molecule has 16 heavy (non-hydrogen) atoms. The molecule has 1 fully saturated rings. The Morgan fingerprint density at radius 2 is 1.94 bits per heavy atom. The second-order valence-electron chi connectivity index (χ2n) is 4.18. The van der Waals surface area contributed by atoms with E-state index in [1.807, 2.05) is 0 Å². The second kappa shape index (κ2) is 6.48. The third-order valence-corrected chi connectivity index (χ3v) is 2.92. The first kappa shape index (κ1) is 13.0. The van der Waals surface area contributed by atoms with Crippen molar-refractivity contribution in [2.45, 2.75) is 25.7 Å². The Bertz CT molecular complexity index is 248. The highest BCUT2D eigenvalue weighted by atomic mass is 16.5. The number of carboxylic acid groups (broad SMARTS) is 1. The molecule has 0 aromatic carbocycles. The Morgan fingerprint density at radius 1 is 1.31 bits per heavy atom. The van der Waals surface area contributed by atoms with Crippen molar-refractivity contribution in [3.8, 4) is 0 Å². The van der Waals surface area contributed by atoms with Crippen LogP contribution in [0.1, 0.15) is 25.7 Å². The molecule has 1 unspecified atom stereocenters. The third-order valence-electron chi connectivity index (χ3n) is 2.92. The van der Waals surface area contributed by atoms with Gasteiger partial charge in [-0.05, 0) is 25.9 Å². The fourth-order valence-corrected chi connectivity index (χ4v) is 1.97. The molecule has 1 rings (SSSR count). The first-order valence-electron chi connectivity index (χ1n) is 5.65. The summed E-state index contributed by atoms with van der Waals surface area (Å²) in [5.41, 5.74) is 0. The molecule has 1 N–H and O–H groups in total. The Hall–Kier alpha value is -1.10. The summed E-state index contributed by atoms with van der Waals surface area (Å²) in [4.78, 5) is 24.2. The maximum Gasteiger partial charge on any atom is 0.308 e. The van der Waals surface area contributed by atoms with E-state index in [-0.39, 0.29) is 6.42 Å². The van der Waals surface area contributed by atoms with Gasteiger partial charge in [-0.25, -0.2) is 0 Å². The van der Waals surface area contributed by atoms with Crippen LogP contribution in [-0.4, -0.2) is 48.7 Å². The molecule has 1 saturated heterocycles. The van der Waals surface area contributed by atoms with Gasteiger partial charge in [0.2, 0.25) is 0 Å².